The van der Waals surface area contributed by atoms with Crippen LogP contribution in [0.5, 0.6) is 0 Å². The molecule has 0 bridgehead atoms. The van der Waals surface area contributed by atoms with Gasteiger partial charge in [-0.3, -0.25) is 14.5 Å². The van der Waals surface area contributed by atoms with Crippen molar-refractivity contribution in [2.45, 2.75) is 50.8 Å². The van der Waals surface area contributed by atoms with Crippen molar-refractivity contribution in [2.75, 3.05) is 16.0 Å². The van der Waals surface area contributed by atoms with Crippen LogP contribution in [0, 0.1) is 30.6 Å². The standard InChI is InChI=1S/C25H25N7O4S2/c1-12-5-6-17(35-12)20-14(10-26)22(27)32(15-8-25(3,4)9-16(33)21(15)20)23-29-30-24(38-23)37-11-19(34)28-18-7-13(2)36-31-18/h5-7,20H,8-9,11,27H2,1-4H3,(H,28,31,34). The van der Waals surface area contributed by atoms with E-state index in [4.69, 9.17) is 14.7 Å². The number of Topliss-reactive ketones (excluding diaryl/α,β-unsaturated/α-hetero) is 1. The number of nitriles is 1. The first-order valence-electron chi connectivity index (χ1n) is 11.8. The third-order valence-electron chi connectivity index (χ3n) is 6.24. The second-order valence-corrected chi connectivity index (χ2v) is 12.1. The van der Waals surface area contributed by atoms with Crippen LogP contribution < -0.4 is 16.0 Å². The highest BCUT2D eigenvalue weighted by molar-refractivity contribution is 8.01. The number of nitrogens with one attached hydrogen (secondary N) is 1. The highest BCUT2D eigenvalue weighted by Crippen LogP contribution is 2.50. The molecule has 4 heterocycles. The molecule has 5 rings (SSSR count). The van der Waals surface area contributed by atoms with Crippen molar-refractivity contribution in [1.29, 1.82) is 5.26 Å². The number of aryl methyl sites for hydroxylation is 2. The lowest BCUT2D eigenvalue weighted by molar-refractivity contribution is -0.118. The predicted octanol–water partition coefficient (Wildman–Crippen LogP) is 4.41. The minimum atomic E-state index is -0.686. The van der Waals surface area contributed by atoms with Gasteiger partial charge in [0.05, 0.1) is 23.3 Å². The fourth-order valence-electron chi connectivity index (χ4n) is 4.70. The summed E-state index contributed by atoms with van der Waals surface area (Å²) in [4.78, 5) is 27.5. The van der Waals surface area contributed by atoms with Gasteiger partial charge in [-0.05, 0) is 37.8 Å². The molecular formula is C25H25N7O4S2. The van der Waals surface area contributed by atoms with Crippen LogP contribution in [0.2, 0.25) is 0 Å². The SMILES string of the molecule is Cc1cc(NC(=O)CSc2nnc(N3C(N)=C(C#N)C(c4ccc(C)o4)C4=C3CC(C)(C)CC4=O)s2)no1. The Morgan fingerprint density at radius 1 is 1.32 bits per heavy atom. The summed E-state index contributed by atoms with van der Waals surface area (Å²) in [6, 6.07) is 7.42. The Morgan fingerprint density at radius 3 is 2.76 bits per heavy atom. The van der Waals surface area contributed by atoms with E-state index in [1.807, 2.05) is 20.8 Å². The lowest BCUT2D eigenvalue weighted by Gasteiger charge is -2.42. The average Bonchev–Trinajstić information content (AvgIpc) is 3.58. The molecule has 0 spiro atoms. The van der Waals surface area contributed by atoms with Crippen LogP contribution in [0.15, 0.2) is 54.1 Å². The molecule has 3 aromatic heterocycles. The zero-order valence-electron chi connectivity index (χ0n) is 21.2. The van der Waals surface area contributed by atoms with Crippen LogP contribution in [-0.2, 0) is 9.59 Å². The number of carbonyl (C=O) groups excluding carboxylic acids is 2. The van der Waals surface area contributed by atoms with Crippen molar-refractivity contribution in [2.24, 2.45) is 11.1 Å². The molecule has 0 radical (unpaired) electrons. The van der Waals surface area contributed by atoms with Crippen LogP contribution in [0.3, 0.4) is 0 Å². The highest BCUT2D eigenvalue weighted by Gasteiger charge is 2.46. The van der Waals surface area contributed by atoms with E-state index in [0.717, 1.165) is 0 Å². The second-order valence-electron chi connectivity index (χ2n) is 9.94. The third kappa shape index (κ3) is 4.84. The number of nitrogens with two attached hydrogens (primary N) is 1. The molecule has 13 heteroatoms. The molecular weight excluding hydrogens is 526 g/mol. The van der Waals surface area contributed by atoms with E-state index in [9.17, 15) is 14.9 Å². The third-order valence-corrected chi connectivity index (χ3v) is 8.28. The van der Waals surface area contributed by atoms with E-state index >= 15 is 0 Å². The van der Waals surface area contributed by atoms with E-state index in [1.54, 1.807) is 30.0 Å². The first-order valence-corrected chi connectivity index (χ1v) is 13.6. The van der Waals surface area contributed by atoms with Crippen LogP contribution in [-0.4, -0.2) is 32.8 Å². The van der Waals surface area contributed by atoms with Gasteiger partial charge in [0.2, 0.25) is 11.0 Å². The zero-order valence-corrected chi connectivity index (χ0v) is 22.8. The number of rotatable bonds is 6. The number of aromatic nitrogens is 3. The normalized spacial score (nSPS) is 19.0. The summed E-state index contributed by atoms with van der Waals surface area (Å²) in [6.45, 7) is 7.59. The van der Waals surface area contributed by atoms with Crippen LogP contribution in [0.4, 0.5) is 10.9 Å². The molecule has 1 aliphatic heterocycles. The summed E-state index contributed by atoms with van der Waals surface area (Å²) < 4.78 is 11.4. The van der Waals surface area contributed by atoms with Gasteiger partial charge in [-0.1, -0.05) is 42.1 Å². The molecule has 11 nitrogen and oxygen atoms in total. The molecule has 2 aliphatic rings. The van der Waals surface area contributed by atoms with Gasteiger partial charge in [0.1, 0.15) is 23.1 Å². The summed E-state index contributed by atoms with van der Waals surface area (Å²) >= 11 is 2.43. The molecule has 0 saturated heterocycles. The van der Waals surface area contributed by atoms with Gasteiger partial charge in [0.25, 0.3) is 0 Å². The summed E-state index contributed by atoms with van der Waals surface area (Å²) in [5, 5.41) is 25.5. The van der Waals surface area contributed by atoms with Crippen molar-refractivity contribution in [1.82, 2.24) is 15.4 Å². The van der Waals surface area contributed by atoms with Crippen LogP contribution >= 0.6 is 23.1 Å². The lowest BCUT2D eigenvalue weighted by Crippen LogP contribution is -2.42. The van der Waals surface area contributed by atoms with Gasteiger partial charge in [-0.2, -0.15) is 5.26 Å². The number of furan rings is 1. The number of nitrogens with zero attached hydrogens (tertiary/aromatic N) is 5. The van der Waals surface area contributed by atoms with Crippen molar-refractivity contribution in [3.63, 3.8) is 0 Å². The number of amides is 1. The van der Waals surface area contributed by atoms with Crippen molar-refractivity contribution in [3.05, 3.63) is 58.1 Å². The molecule has 3 N–H and O–H groups in total. The van der Waals surface area contributed by atoms with Gasteiger partial charge in [0.15, 0.2) is 15.9 Å². The summed E-state index contributed by atoms with van der Waals surface area (Å²) in [6.07, 6.45) is 0.886. The highest BCUT2D eigenvalue weighted by atomic mass is 32.2. The molecule has 1 atom stereocenters. The maximum absolute atomic E-state index is 13.5. The van der Waals surface area contributed by atoms with Gasteiger partial charge >= 0.3 is 0 Å². The van der Waals surface area contributed by atoms with E-state index < -0.39 is 5.92 Å². The molecule has 1 aliphatic carbocycles. The molecule has 3 aromatic rings. The fourth-order valence-corrected chi connectivity index (χ4v) is 6.38. The number of allylic oxidation sites excluding steroid dienone is 3. The van der Waals surface area contributed by atoms with E-state index in [0.29, 0.717) is 56.7 Å². The molecule has 0 aromatic carbocycles. The van der Waals surface area contributed by atoms with Crippen LogP contribution in [0.25, 0.3) is 0 Å². The Labute approximate surface area is 226 Å². The Morgan fingerprint density at radius 2 is 2.11 bits per heavy atom. The number of hydrogen-bond donors (Lipinski definition) is 2. The molecule has 196 valence electrons. The first-order chi connectivity index (χ1) is 18.1. The molecule has 38 heavy (non-hydrogen) atoms. The maximum atomic E-state index is 13.5. The van der Waals surface area contributed by atoms with Gasteiger partial charge in [0, 0.05) is 23.8 Å². The molecule has 0 saturated carbocycles. The van der Waals surface area contributed by atoms with Crippen molar-refractivity contribution in [3.8, 4) is 6.07 Å². The van der Waals surface area contributed by atoms with Gasteiger partial charge in [-0.25, -0.2) is 0 Å². The summed E-state index contributed by atoms with van der Waals surface area (Å²) in [7, 11) is 0. The molecule has 1 amide bonds. The predicted molar refractivity (Wildman–Crippen MR) is 141 cm³/mol. The fraction of sp³-hybridized carbons (Fsp3) is 0.360. The number of carbonyl (C=O) groups is 2. The Bertz CT molecular complexity index is 1540. The number of anilines is 2. The van der Waals surface area contributed by atoms with Crippen molar-refractivity contribution < 1.29 is 18.5 Å². The minimum Gasteiger partial charge on any atom is -0.465 e. The first kappa shape index (κ1) is 25.7. The van der Waals surface area contributed by atoms with Gasteiger partial charge < -0.3 is 20.0 Å². The topological polar surface area (TPSA) is 164 Å². The Kier molecular flexibility index (Phi) is 6.62. The monoisotopic (exact) mass is 551 g/mol. The Balaban J connectivity index is 1.47. The zero-order chi connectivity index (χ0) is 27.2. The number of thioether (sulfide) groups is 1. The van der Waals surface area contributed by atoms with Crippen molar-refractivity contribution >= 4 is 45.7 Å². The second kappa shape index (κ2) is 9.77. The smallest absolute Gasteiger partial charge is 0.236 e. The van der Waals surface area contributed by atoms with Gasteiger partial charge in [-0.15, -0.1) is 10.2 Å². The number of hydrogen-bond acceptors (Lipinski definition) is 12. The van der Waals surface area contributed by atoms with E-state index in [-0.39, 0.29) is 34.3 Å². The van der Waals surface area contributed by atoms with E-state index in [1.165, 1.54) is 23.1 Å². The number of ketones is 1. The van der Waals surface area contributed by atoms with Crippen LogP contribution in [0.1, 0.15) is 49.9 Å². The quantitative estimate of drug-likeness (QED) is 0.417. The molecule has 1 unspecified atom stereocenters. The Hall–Kier alpha value is -3.89. The maximum Gasteiger partial charge on any atom is 0.236 e. The summed E-state index contributed by atoms with van der Waals surface area (Å²) in [5.74, 6) is 1.36. The lowest BCUT2D eigenvalue weighted by atomic mass is 9.69. The largest absolute Gasteiger partial charge is 0.465 e. The minimum absolute atomic E-state index is 0.0561. The molecule has 0 fully saturated rings. The summed E-state index contributed by atoms with van der Waals surface area (Å²) in [5.41, 5.74) is 7.70. The van der Waals surface area contributed by atoms with E-state index in [2.05, 4.69) is 26.7 Å². The average molecular weight is 552 g/mol.